The molecule has 1 atom stereocenters. The Morgan fingerprint density at radius 2 is 2.20 bits per heavy atom. The maximum absolute atomic E-state index is 6.06. The molecule has 15 heavy (non-hydrogen) atoms. The Balaban J connectivity index is 2.83. The molecule has 1 aromatic rings. The lowest BCUT2D eigenvalue weighted by Gasteiger charge is -2.31. The summed E-state index contributed by atoms with van der Waals surface area (Å²) >= 11 is 6.06. The molecule has 0 aliphatic rings. The maximum Gasteiger partial charge on any atom is 0.138 e. The van der Waals surface area contributed by atoms with Gasteiger partial charge in [-0.2, -0.15) is 5.10 Å². The molecule has 86 valence electrons. The Morgan fingerprint density at radius 1 is 1.53 bits per heavy atom. The standard InChI is InChI=1S/C11H20ClN3/c1-5-15-10(13-8-14-15)6-11(4,7-12)9(2)3/h8-9H,5-7H2,1-4H3. The van der Waals surface area contributed by atoms with Gasteiger partial charge in [0.05, 0.1) is 0 Å². The van der Waals surface area contributed by atoms with Crippen molar-refractivity contribution in [3.63, 3.8) is 0 Å². The first-order valence-corrected chi connectivity index (χ1v) is 5.99. The zero-order valence-corrected chi connectivity index (χ0v) is 10.8. The van der Waals surface area contributed by atoms with Gasteiger partial charge < -0.3 is 0 Å². The molecule has 0 N–H and O–H groups in total. The monoisotopic (exact) mass is 229 g/mol. The summed E-state index contributed by atoms with van der Waals surface area (Å²) in [6, 6.07) is 0. The normalized spacial score (nSPS) is 15.6. The van der Waals surface area contributed by atoms with Gasteiger partial charge in [0.25, 0.3) is 0 Å². The first-order chi connectivity index (χ1) is 7.03. The Kier molecular flexibility index (Phi) is 4.14. The van der Waals surface area contributed by atoms with Gasteiger partial charge in [-0.3, -0.25) is 4.68 Å². The van der Waals surface area contributed by atoms with Crippen LogP contribution in [0.25, 0.3) is 0 Å². The van der Waals surface area contributed by atoms with Gasteiger partial charge in [0, 0.05) is 18.8 Å². The lowest BCUT2D eigenvalue weighted by atomic mass is 9.78. The van der Waals surface area contributed by atoms with E-state index in [-0.39, 0.29) is 5.41 Å². The predicted molar refractivity (Wildman–Crippen MR) is 63.1 cm³/mol. The van der Waals surface area contributed by atoms with Gasteiger partial charge in [0.15, 0.2) is 0 Å². The van der Waals surface area contributed by atoms with Crippen LogP contribution in [0.15, 0.2) is 6.33 Å². The van der Waals surface area contributed by atoms with Crippen LogP contribution in [0.1, 0.15) is 33.5 Å². The minimum Gasteiger partial charge on any atom is -0.250 e. The molecule has 0 saturated carbocycles. The Bertz CT molecular complexity index is 309. The van der Waals surface area contributed by atoms with E-state index in [1.807, 2.05) is 4.68 Å². The van der Waals surface area contributed by atoms with Crippen molar-refractivity contribution in [2.75, 3.05) is 5.88 Å². The number of alkyl halides is 1. The molecule has 1 unspecified atom stereocenters. The molecule has 1 heterocycles. The van der Waals surface area contributed by atoms with E-state index in [1.165, 1.54) is 0 Å². The second kappa shape index (κ2) is 4.97. The van der Waals surface area contributed by atoms with Crippen molar-refractivity contribution in [3.8, 4) is 0 Å². The third kappa shape index (κ3) is 2.71. The fourth-order valence-electron chi connectivity index (χ4n) is 1.46. The van der Waals surface area contributed by atoms with Crippen LogP contribution in [-0.4, -0.2) is 20.6 Å². The van der Waals surface area contributed by atoms with E-state index in [0.29, 0.717) is 11.8 Å². The molecule has 1 aromatic heterocycles. The number of aromatic nitrogens is 3. The highest BCUT2D eigenvalue weighted by molar-refractivity contribution is 6.18. The van der Waals surface area contributed by atoms with Crippen molar-refractivity contribution in [2.24, 2.45) is 11.3 Å². The van der Waals surface area contributed by atoms with Crippen molar-refractivity contribution in [1.82, 2.24) is 14.8 Å². The van der Waals surface area contributed by atoms with Crippen molar-refractivity contribution < 1.29 is 0 Å². The van der Waals surface area contributed by atoms with Crippen LogP contribution in [-0.2, 0) is 13.0 Å². The van der Waals surface area contributed by atoms with Gasteiger partial charge in [-0.05, 0) is 18.3 Å². The van der Waals surface area contributed by atoms with Crippen molar-refractivity contribution >= 4 is 11.6 Å². The molecule has 0 saturated heterocycles. The average molecular weight is 230 g/mol. The highest BCUT2D eigenvalue weighted by Gasteiger charge is 2.29. The van der Waals surface area contributed by atoms with E-state index in [0.717, 1.165) is 18.8 Å². The minimum atomic E-state index is 0.0987. The second-order valence-corrected chi connectivity index (χ2v) is 4.88. The second-order valence-electron chi connectivity index (χ2n) is 4.61. The molecule has 4 heteroatoms. The molecule has 0 fully saturated rings. The average Bonchev–Trinajstić information content (AvgIpc) is 2.64. The number of nitrogens with zero attached hydrogens (tertiary/aromatic N) is 3. The molecule has 3 nitrogen and oxygen atoms in total. The van der Waals surface area contributed by atoms with E-state index in [9.17, 15) is 0 Å². The van der Waals surface area contributed by atoms with Crippen LogP contribution in [0.4, 0.5) is 0 Å². The topological polar surface area (TPSA) is 30.7 Å². The predicted octanol–water partition coefficient (Wildman–Crippen LogP) is 2.74. The SMILES string of the molecule is CCn1ncnc1CC(C)(CCl)C(C)C. The summed E-state index contributed by atoms with van der Waals surface area (Å²) < 4.78 is 1.94. The summed E-state index contributed by atoms with van der Waals surface area (Å²) in [4.78, 5) is 4.30. The van der Waals surface area contributed by atoms with Crippen LogP contribution < -0.4 is 0 Å². The molecule has 1 rings (SSSR count). The number of hydrogen-bond donors (Lipinski definition) is 0. The molecule has 0 aromatic carbocycles. The van der Waals surface area contributed by atoms with Crippen molar-refractivity contribution in [2.45, 2.75) is 40.7 Å². The van der Waals surface area contributed by atoms with Crippen LogP contribution in [0.3, 0.4) is 0 Å². The minimum absolute atomic E-state index is 0.0987. The maximum atomic E-state index is 6.06. The van der Waals surface area contributed by atoms with Gasteiger partial charge in [0.1, 0.15) is 12.2 Å². The highest BCUT2D eigenvalue weighted by atomic mass is 35.5. The first-order valence-electron chi connectivity index (χ1n) is 5.46. The third-order valence-electron chi connectivity index (χ3n) is 3.26. The smallest absolute Gasteiger partial charge is 0.138 e. The van der Waals surface area contributed by atoms with Crippen LogP contribution >= 0.6 is 11.6 Å². The van der Waals surface area contributed by atoms with Gasteiger partial charge in [-0.15, -0.1) is 11.6 Å². The Labute approximate surface area is 96.8 Å². The van der Waals surface area contributed by atoms with Gasteiger partial charge >= 0.3 is 0 Å². The summed E-state index contributed by atoms with van der Waals surface area (Å²) in [5, 5.41) is 4.17. The molecule has 0 amide bonds. The Hall–Kier alpha value is -0.570. The Morgan fingerprint density at radius 3 is 2.67 bits per heavy atom. The zero-order chi connectivity index (χ0) is 11.5. The molecular weight excluding hydrogens is 210 g/mol. The quantitative estimate of drug-likeness (QED) is 0.727. The number of halogens is 1. The van der Waals surface area contributed by atoms with Crippen molar-refractivity contribution in [1.29, 1.82) is 0 Å². The lowest BCUT2D eigenvalue weighted by molar-refractivity contribution is 0.244. The number of hydrogen-bond acceptors (Lipinski definition) is 2. The van der Waals surface area contributed by atoms with Gasteiger partial charge in [-0.25, -0.2) is 4.98 Å². The van der Waals surface area contributed by atoms with Crippen LogP contribution in [0.5, 0.6) is 0 Å². The van der Waals surface area contributed by atoms with Crippen LogP contribution in [0, 0.1) is 11.3 Å². The van der Waals surface area contributed by atoms with Gasteiger partial charge in [-0.1, -0.05) is 20.8 Å². The molecule has 0 aliphatic heterocycles. The van der Waals surface area contributed by atoms with E-state index in [2.05, 4.69) is 37.8 Å². The third-order valence-corrected chi connectivity index (χ3v) is 3.87. The van der Waals surface area contributed by atoms with E-state index < -0.39 is 0 Å². The molecule has 0 radical (unpaired) electrons. The summed E-state index contributed by atoms with van der Waals surface area (Å²) in [5.74, 6) is 2.23. The molecular formula is C11H20ClN3. The molecule has 0 spiro atoms. The van der Waals surface area contributed by atoms with Gasteiger partial charge in [0.2, 0.25) is 0 Å². The molecule has 0 bridgehead atoms. The first kappa shape index (κ1) is 12.5. The largest absolute Gasteiger partial charge is 0.250 e. The van der Waals surface area contributed by atoms with E-state index in [4.69, 9.17) is 11.6 Å². The summed E-state index contributed by atoms with van der Waals surface area (Å²) in [5.41, 5.74) is 0.0987. The highest BCUT2D eigenvalue weighted by Crippen LogP contribution is 2.31. The molecule has 0 aliphatic carbocycles. The van der Waals surface area contributed by atoms with E-state index in [1.54, 1.807) is 6.33 Å². The summed E-state index contributed by atoms with van der Waals surface area (Å²) in [7, 11) is 0. The summed E-state index contributed by atoms with van der Waals surface area (Å²) in [6.07, 6.45) is 2.51. The fourth-order valence-corrected chi connectivity index (χ4v) is 1.86. The van der Waals surface area contributed by atoms with E-state index >= 15 is 0 Å². The van der Waals surface area contributed by atoms with Crippen molar-refractivity contribution in [3.05, 3.63) is 12.2 Å². The number of rotatable bonds is 5. The summed E-state index contributed by atoms with van der Waals surface area (Å²) in [6.45, 7) is 9.56. The lowest BCUT2D eigenvalue weighted by Crippen LogP contribution is -2.29. The number of aryl methyl sites for hydroxylation is 1. The fraction of sp³-hybridized carbons (Fsp3) is 0.818. The zero-order valence-electron chi connectivity index (χ0n) is 10.00. The van der Waals surface area contributed by atoms with Crippen LogP contribution in [0.2, 0.25) is 0 Å².